The summed E-state index contributed by atoms with van der Waals surface area (Å²) in [4.78, 5) is 15.8. The molecule has 1 heterocycles. The number of hydrogen-bond donors (Lipinski definition) is 1. The van der Waals surface area contributed by atoms with Crippen LogP contribution in [-0.4, -0.2) is 22.6 Å². The van der Waals surface area contributed by atoms with Gasteiger partial charge >= 0.3 is 0 Å². The molecular formula is C17H13N7O. The zero-order valence-electron chi connectivity index (χ0n) is 13.3. The van der Waals surface area contributed by atoms with Crippen molar-refractivity contribution in [1.29, 1.82) is 10.5 Å². The molecule has 0 aliphatic rings. The maximum atomic E-state index is 11.9. The highest BCUT2D eigenvalue weighted by atomic mass is 16.2. The number of carbonyl (C=O) groups excluding carboxylic acids is 1. The number of nitrogens with one attached hydrogen (secondary N) is 1. The Morgan fingerprint density at radius 2 is 1.72 bits per heavy atom. The first-order valence-corrected chi connectivity index (χ1v) is 7.19. The average Bonchev–Trinajstić information content (AvgIpc) is 2.67. The summed E-state index contributed by atoms with van der Waals surface area (Å²) in [6.45, 7) is 1.75. The summed E-state index contributed by atoms with van der Waals surface area (Å²) in [5.41, 5.74) is 4.84. The van der Waals surface area contributed by atoms with Crippen LogP contribution in [0.1, 0.15) is 22.8 Å². The number of carbonyl (C=O) groups is 1. The van der Waals surface area contributed by atoms with Gasteiger partial charge in [-0.2, -0.15) is 25.9 Å². The Balaban J connectivity index is 2.03. The topological polar surface area (TPSA) is 127 Å². The van der Waals surface area contributed by atoms with E-state index in [2.05, 4.69) is 25.7 Å². The Morgan fingerprint density at radius 3 is 2.32 bits per heavy atom. The normalized spacial score (nSPS) is 11.1. The average molecular weight is 331 g/mol. The summed E-state index contributed by atoms with van der Waals surface area (Å²) in [5, 5.41) is 28.7. The minimum Gasteiger partial charge on any atom is -0.267 e. The third-order valence-electron chi connectivity index (χ3n) is 3.09. The molecule has 1 amide bonds. The van der Waals surface area contributed by atoms with Crippen LogP contribution in [0.5, 0.6) is 0 Å². The van der Waals surface area contributed by atoms with Gasteiger partial charge in [0, 0.05) is 18.0 Å². The van der Waals surface area contributed by atoms with Crippen LogP contribution in [0.4, 0.5) is 5.69 Å². The highest BCUT2D eigenvalue weighted by Crippen LogP contribution is 2.14. The number of hydrazone groups is 1. The van der Waals surface area contributed by atoms with Crippen molar-refractivity contribution >= 4 is 17.3 Å². The Bertz CT molecular complexity index is 860. The summed E-state index contributed by atoms with van der Waals surface area (Å²) < 4.78 is 0. The molecule has 0 saturated heterocycles. The molecule has 122 valence electrons. The van der Waals surface area contributed by atoms with Crippen molar-refractivity contribution < 1.29 is 4.79 Å². The maximum Gasteiger partial charge on any atom is 0.271 e. The molecule has 1 aromatic carbocycles. The lowest BCUT2D eigenvalue weighted by Gasteiger charge is -2.03. The maximum absolute atomic E-state index is 11.9. The van der Waals surface area contributed by atoms with Crippen molar-refractivity contribution in [2.24, 2.45) is 15.3 Å². The molecule has 0 fully saturated rings. The number of hydrogen-bond acceptors (Lipinski definition) is 7. The molecule has 1 aromatic heterocycles. The van der Waals surface area contributed by atoms with E-state index in [1.54, 1.807) is 55.5 Å². The van der Waals surface area contributed by atoms with E-state index < -0.39 is 6.04 Å². The first-order valence-electron chi connectivity index (χ1n) is 7.19. The second-order valence-electron chi connectivity index (χ2n) is 4.80. The Hall–Kier alpha value is -3.91. The third-order valence-corrected chi connectivity index (χ3v) is 3.09. The number of pyridine rings is 1. The SMILES string of the molecule is C/C(=N/NC(=O)c1ccncc1)c1ccc(N=NC(C#N)C#N)cc1. The lowest BCUT2D eigenvalue weighted by atomic mass is 10.1. The minimum absolute atomic E-state index is 0.328. The molecule has 0 bridgehead atoms. The molecule has 0 saturated carbocycles. The van der Waals surface area contributed by atoms with Gasteiger partial charge in [-0.1, -0.05) is 12.1 Å². The molecule has 8 heteroatoms. The zero-order chi connectivity index (χ0) is 18.1. The van der Waals surface area contributed by atoms with Crippen LogP contribution < -0.4 is 5.43 Å². The van der Waals surface area contributed by atoms with Crippen molar-refractivity contribution in [3.8, 4) is 12.1 Å². The van der Waals surface area contributed by atoms with Crippen LogP contribution in [-0.2, 0) is 0 Å². The molecule has 0 radical (unpaired) electrons. The highest BCUT2D eigenvalue weighted by Gasteiger charge is 2.04. The Labute approximate surface area is 144 Å². The first-order chi connectivity index (χ1) is 12.1. The lowest BCUT2D eigenvalue weighted by molar-refractivity contribution is 0.0954. The number of rotatable bonds is 5. The molecular weight excluding hydrogens is 318 g/mol. The van der Waals surface area contributed by atoms with Gasteiger partial charge in [0.05, 0.1) is 11.4 Å². The number of nitrogens with zero attached hydrogens (tertiary/aromatic N) is 6. The van der Waals surface area contributed by atoms with Gasteiger partial charge in [0.15, 0.2) is 0 Å². The van der Waals surface area contributed by atoms with Crippen molar-refractivity contribution in [2.75, 3.05) is 0 Å². The lowest BCUT2D eigenvalue weighted by Crippen LogP contribution is -2.19. The molecule has 0 spiro atoms. The van der Waals surface area contributed by atoms with Gasteiger partial charge in [0.2, 0.25) is 6.04 Å². The number of nitriles is 2. The molecule has 0 unspecified atom stereocenters. The highest BCUT2D eigenvalue weighted by molar-refractivity contribution is 6.00. The fraction of sp³-hybridized carbons (Fsp3) is 0.118. The molecule has 8 nitrogen and oxygen atoms in total. The fourth-order valence-electron chi connectivity index (χ4n) is 1.74. The molecule has 0 aliphatic heterocycles. The van der Waals surface area contributed by atoms with Crippen molar-refractivity contribution in [3.05, 3.63) is 59.9 Å². The summed E-state index contributed by atoms with van der Waals surface area (Å²) in [6.07, 6.45) is 3.06. The van der Waals surface area contributed by atoms with Gasteiger partial charge in [-0.25, -0.2) is 5.43 Å². The number of azo groups is 1. The molecule has 25 heavy (non-hydrogen) atoms. The summed E-state index contributed by atoms with van der Waals surface area (Å²) >= 11 is 0. The predicted molar refractivity (Wildman–Crippen MR) is 89.9 cm³/mol. The van der Waals surface area contributed by atoms with Gasteiger partial charge in [-0.05, 0) is 36.8 Å². The molecule has 1 N–H and O–H groups in total. The number of aromatic nitrogens is 1. The summed E-state index contributed by atoms with van der Waals surface area (Å²) in [5.74, 6) is -0.328. The van der Waals surface area contributed by atoms with Crippen molar-refractivity contribution in [2.45, 2.75) is 13.0 Å². The second-order valence-corrected chi connectivity index (χ2v) is 4.80. The predicted octanol–water partition coefficient (Wildman–Crippen LogP) is 2.74. The van der Waals surface area contributed by atoms with Crippen LogP contribution in [0.15, 0.2) is 64.1 Å². The molecule has 0 atom stereocenters. The van der Waals surface area contributed by atoms with Gasteiger partial charge < -0.3 is 0 Å². The summed E-state index contributed by atoms with van der Waals surface area (Å²) in [6, 6.07) is 12.3. The quantitative estimate of drug-likeness (QED) is 0.513. The monoisotopic (exact) mass is 331 g/mol. The molecule has 2 rings (SSSR count). The minimum atomic E-state index is -1.12. The van der Waals surface area contributed by atoms with E-state index in [1.165, 1.54) is 12.4 Å². The van der Waals surface area contributed by atoms with Crippen LogP contribution in [0.3, 0.4) is 0 Å². The van der Waals surface area contributed by atoms with Crippen LogP contribution >= 0.6 is 0 Å². The first kappa shape index (κ1) is 17.4. The van der Waals surface area contributed by atoms with E-state index in [0.29, 0.717) is 17.0 Å². The van der Waals surface area contributed by atoms with Crippen molar-refractivity contribution in [3.63, 3.8) is 0 Å². The second kappa shape index (κ2) is 8.65. The van der Waals surface area contributed by atoms with E-state index in [0.717, 1.165) is 5.56 Å². The smallest absolute Gasteiger partial charge is 0.267 e. The Morgan fingerprint density at radius 1 is 1.08 bits per heavy atom. The zero-order valence-corrected chi connectivity index (χ0v) is 13.3. The fourth-order valence-corrected chi connectivity index (χ4v) is 1.74. The van der Waals surface area contributed by atoms with Crippen molar-refractivity contribution in [1.82, 2.24) is 10.4 Å². The van der Waals surface area contributed by atoms with Crippen LogP contribution in [0.25, 0.3) is 0 Å². The van der Waals surface area contributed by atoms with Crippen LogP contribution in [0, 0.1) is 22.7 Å². The number of amides is 1. The van der Waals surface area contributed by atoms with Gasteiger partial charge in [0.1, 0.15) is 12.1 Å². The molecule has 2 aromatic rings. The number of benzene rings is 1. The summed E-state index contributed by atoms with van der Waals surface area (Å²) in [7, 11) is 0. The van der Waals surface area contributed by atoms with Gasteiger partial charge in [0.25, 0.3) is 5.91 Å². The van der Waals surface area contributed by atoms with E-state index in [9.17, 15) is 4.79 Å². The third kappa shape index (κ3) is 5.05. The largest absolute Gasteiger partial charge is 0.271 e. The van der Waals surface area contributed by atoms with E-state index in [4.69, 9.17) is 10.5 Å². The van der Waals surface area contributed by atoms with Crippen LogP contribution in [0.2, 0.25) is 0 Å². The van der Waals surface area contributed by atoms with E-state index >= 15 is 0 Å². The van der Waals surface area contributed by atoms with E-state index in [1.807, 2.05) is 0 Å². The molecule has 0 aliphatic carbocycles. The Kier molecular flexibility index (Phi) is 6.04. The standard InChI is InChI=1S/C17H13N7O/c1-12(21-24-17(25)14-6-8-20-9-7-14)13-2-4-15(5-3-13)22-23-16(10-18)11-19/h2-9,16H,1H3,(H,24,25)/b21-12-,23-22?. The van der Waals surface area contributed by atoms with Gasteiger partial charge in [-0.3, -0.25) is 9.78 Å². The van der Waals surface area contributed by atoms with E-state index in [-0.39, 0.29) is 5.91 Å². The van der Waals surface area contributed by atoms with Gasteiger partial charge in [-0.15, -0.1) is 0 Å².